The van der Waals surface area contributed by atoms with Gasteiger partial charge in [0.25, 0.3) is 0 Å². The van der Waals surface area contributed by atoms with Crippen molar-refractivity contribution in [3.63, 3.8) is 0 Å². The fourth-order valence-electron chi connectivity index (χ4n) is 1.72. The van der Waals surface area contributed by atoms with Crippen LogP contribution in [0, 0.1) is 5.82 Å². The maximum absolute atomic E-state index is 13.2. The van der Waals surface area contributed by atoms with Gasteiger partial charge in [0.1, 0.15) is 22.8 Å². The number of hydrogen-bond donors (Lipinski definition) is 1. The first-order valence-electron chi connectivity index (χ1n) is 6.14. The molecule has 8 heteroatoms. The Morgan fingerprint density at radius 3 is 2.55 bits per heavy atom. The van der Waals surface area contributed by atoms with Crippen molar-refractivity contribution in [1.82, 2.24) is 4.98 Å². The second-order valence-electron chi connectivity index (χ2n) is 4.47. The van der Waals surface area contributed by atoms with Crippen molar-refractivity contribution in [2.24, 2.45) is 5.73 Å². The first-order chi connectivity index (χ1) is 10.3. The molecule has 118 valence electrons. The molecule has 0 saturated heterocycles. The van der Waals surface area contributed by atoms with E-state index >= 15 is 0 Å². The predicted molar refractivity (Wildman–Crippen MR) is 75.8 cm³/mol. The number of hydrogen-bond acceptors (Lipinski definition) is 3. The molecule has 3 nitrogen and oxygen atoms in total. The smallest absolute Gasteiger partial charge is 0.419 e. The van der Waals surface area contributed by atoms with E-state index in [4.69, 9.17) is 10.5 Å². The largest absolute Gasteiger partial charge is 0.490 e. The van der Waals surface area contributed by atoms with Crippen molar-refractivity contribution in [3.8, 4) is 5.75 Å². The van der Waals surface area contributed by atoms with Gasteiger partial charge in [-0.05, 0) is 45.8 Å². The van der Waals surface area contributed by atoms with E-state index in [1.54, 1.807) is 12.1 Å². The van der Waals surface area contributed by atoms with Crippen LogP contribution < -0.4 is 10.5 Å². The molecule has 22 heavy (non-hydrogen) atoms. The minimum Gasteiger partial charge on any atom is -0.490 e. The molecule has 0 aliphatic heterocycles. The number of nitrogens with zero attached hydrogens (tertiary/aromatic N) is 1. The first kappa shape index (κ1) is 16.7. The lowest BCUT2D eigenvalue weighted by Gasteiger charge is -2.16. The highest BCUT2D eigenvalue weighted by molar-refractivity contribution is 9.10. The van der Waals surface area contributed by atoms with Gasteiger partial charge < -0.3 is 10.5 Å². The SMILES string of the molecule is NC(COc1ccc(Br)nc1)c1ccc(F)c(C(F)(F)F)c1. The number of halogens is 5. The Hall–Kier alpha value is -1.67. The zero-order valence-corrected chi connectivity index (χ0v) is 12.7. The summed E-state index contributed by atoms with van der Waals surface area (Å²) in [4.78, 5) is 3.94. The molecule has 1 atom stereocenters. The molecule has 2 rings (SSSR count). The number of alkyl halides is 3. The molecule has 0 spiro atoms. The maximum Gasteiger partial charge on any atom is 0.419 e. The number of rotatable bonds is 4. The summed E-state index contributed by atoms with van der Waals surface area (Å²) in [5.74, 6) is -0.904. The second kappa shape index (κ2) is 6.62. The van der Waals surface area contributed by atoms with E-state index in [0.717, 1.165) is 6.07 Å². The standard InChI is InChI=1S/C14H11BrF4N2O/c15-13-4-2-9(6-21-13)22-7-12(20)8-1-3-11(16)10(5-8)14(17,18)19/h1-6,12H,7,20H2. The first-order valence-corrected chi connectivity index (χ1v) is 6.93. The fourth-order valence-corrected chi connectivity index (χ4v) is 1.96. The fraction of sp³-hybridized carbons (Fsp3) is 0.214. The van der Waals surface area contributed by atoms with Crippen LogP contribution in [0.3, 0.4) is 0 Å². The van der Waals surface area contributed by atoms with Gasteiger partial charge in [-0.1, -0.05) is 6.07 Å². The molecule has 0 saturated carbocycles. The van der Waals surface area contributed by atoms with E-state index in [1.165, 1.54) is 12.3 Å². The highest BCUT2D eigenvalue weighted by atomic mass is 79.9. The topological polar surface area (TPSA) is 48.1 Å². The molecule has 1 unspecified atom stereocenters. The third kappa shape index (κ3) is 4.17. The molecule has 0 aliphatic carbocycles. The van der Waals surface area contributed by atoms with Crippen molar-refractivity contribution in [2.45, 2.75) is 12.2 Å². The van der Waals surface area contributed by atoms with E-state index < -0.39 is 23.6 Å². The summed E-state index contributed by atoms with van der Waals surface area (Å²) >= 11 is 3.16. The van der Waals surface area contributed by atoms with Gasteiger partial charge in [0.2, 0.25) is 0 Å². The van der Waals surface area contributed by atoms with Crippen LogP contribution in [0.4, 0.5) is 17.6 Å². The minimum absolute atomic E-state index is 0.0633. The van der Waals surface area contributed by atoms with Crippen LogP contribution >= 0.6 is 15.9 Å². The van der Waals surface area contributed by atoms with Crippen molar-refractivity contribution in [3.05, 3.63) is 58.1 Å². The van der Waals surface area contributed by atoms with Crippen LogP contribution in [0.25, 0.3) is 0 Å². The number of ether oxygens (including phenoxy) is 1. The van der Waals surface area contributed by atoms with Crippen LogP contribution in [-0.2, 0) is 6.18 Å². The van der Waals surface area contributed by atoms with Crippen LogP contribution in [0.5, 0.6) is 5.75 Å². The highest BCUT2D eigenvalue weighted by Crippen LogP contribution is 2.32. The van der Waals surface area contributed by atoms with Crippen molar-refractivity contribution in [1.29, 1.82) is 0 Å². The number of aromatic nitrogens is 1. The minimum atomic E-state index is -4.77. The summed E-state index contributed by atoms with van der Waals surface area (Å²) < 4.78 is 57.2. The molecular formula is C14H11BrF4N2O. The summed E-state index contributed by atoms with van der Waals surface area (Å²) in [6, 6.07) is 5.11. The third-order valence-corrected chi connectivity index (χ3v) is 3.32. The maximum atomic E-state index is 13.2. The average Bonchev–Trinajstić information content (AvgIpc) is 2.45. The highest BCUT2D eigenvalue weighted by Gasteiger charge is 2.34. The number of benzene rings is 1. The van der Waals surface area contributed by atoms with E-state index in [0.29, 0.717) is 16.4 Å². The van der Waals surface area contributed by atoms with Gasteiger partial charge in [-0.3, -0.25) is 0 Å². The lowest BCUT2D eigenvalue weighted by atomic mass is 10.0. The second-order valence-corrected chi connectivity index (χ2v) is 5.28. The molecular weight excluding hydrogens is 368 g/mol. The van der Waals surface area contributed by atoms with Gasteiger partial charge in [0, 0.05) is 0 Å². The Kier molecular flexibility index (Phi) is 5.02. The molecule has 0 bridgehead atoms. The Morgan fingerprint density at radius 1 is 1.23 bits per heavy atom. The molecule has 0 aliphatic rings. The van der Waals surface area contributed by atoms with Crippen molar-refractivity contribution < 1.29 is 22.3 Å². The molecule has 0 radical (unpaired) electrons. The average molecular weight is 379 g/mol. The summed E-state index contributed by atoms with van der Waals surface area (Å²) in [5, 5.41) is 0. The van der Waals surface area contributed by atoms with Crippen LogP contribution in [-0.4, -0.2) is 11.6 Å². The van der Waals surface area contributed by atoms with E-state index in [-0.39, 0.29) is 12.2 Å². The van der Waals surface area contributed by atoms with Crippen molar-refractivity contribution >= 4 is 15.9 Å². The Balaban J connectivity index is 2.09. The molecule has 0 amide bonds. The van der Waals surface area contributed by atoms with Gasteiger partial charge >= 0.3 is 6.18 Å². The third-order valence-electron chi connectivity index (χ3n) is 2.85. The quantitative estimate of drug-likeness (QED) is 0.644. The zero-order valence-electron chi connectivity index (χ0n) is 11.1. The van der Waals surface area contributed by atoms with Crippen molar-refractivity contribution in [2.75, 3.05) is 6.61 Å². The lowest BCUT2D eigenvalue weighted by Crippen LogP contribution is -2.20. The van der Waals surface area contributed by atoms with Gasteiger partial charge in [-0.15, -0.1) is 0 Å². The van der Waals surface area contributed by atoms with E-state index in [2.05, 4.69) is 20.9 Å². The summed E-state index contributed by atoms with van der Waals surface area (Å²) in [5.41, 5.74) is 4.59. The van der Waals surface area contributed by atoms with E-state index in [1.807, 2.05) is 0 Å². The lowest BCUT2D eigenvalue weighted by molar-refractivity contribution is -0.140. The molecule has 2 aromatic rings. The summed E-state index contributed by atoms with van der Waals surface area (Å²) in [7, 11) is 0. The Bertz CT molecular complexity index is 646. The molecule has 2 N–H and O–H groups in total. The van der Waals surface area contributed by atoms with Gasteiger partial charge in [0.05, 0.1) is 17.8 Å². The van der Waals surface area contributed by atoms with Crippen LogP contribution in [0.2, 0.25) is 0 Å². The summed E-state index contributed by atoms with van der Waals surface area (Å²) in [6.45, 7) is -0.0633. The van der Waals surface area contributed by atoms with Gasteiger partial charge in [-0.2, -0.15) is 13.2 Å². The Morgan fingerprint density at radius 2 is 1.95 bits per heavy atom. The molecule has 0 fully saturated rings. The van der Waals surface area contributed by atoms with Crippen LogP contribution in [0.15, 0.2) is 41.1 Å². The zero-order chi connectivity index (χ0) is 16.3. The normalized spacial score (nSPS) is 13.0. The van der Waals surface area contributed by atoms with Gasteiger partial charge in [0.15, 0.2) is 0 Å². The molecule has 1 aromatic carbocycles. The van der Waals surface area contributed by atoms with E-state index in [9.17, 15) is 17.6 Å². The number of pyridine rings is 1. The van der Waals surface area contributed by atoms with Gasteiger partial charge in [-0.25, -0.2) is 9.37 Å². The predicted octanol–water partition coefficient (Wildman–Crippen LogP) is 4.08. The summed E-state index contributed by atoms with van der Waals surface area (Å²) in [6.07, 6.45) is -3.32. The molecule has 1 heterocycles. The number of nitrogens with two attached hydrogens (primary N) is 1. The van der Waals surface area contributed by atoms with Crippen LogP contribution in [0.1, 0.15) is 17.2 Å². The monoisotopic (exact) mass is 378 g/mol. The Labute approximate surface area is 132 Å². The molecule has 1 aromatic heterocycles.